The van der Waals surface area contributed by atoms with Gasteiger partial charge < -0.3 is 40.1 Å². The van der Waals surface area contributed by atoms with Crippen LogP contribution in [0.5, 0.6) is 17.2 Å². The van der Waals surface area contributed by atoms with Gasteiger partial charge in [-0.25, -0.2) is 4.79 Å². The van der Waals surface area contributed by atoms with Crippen molar-refractivity contribution in [3.8, 4) is 17.2 Å². The molecule has 0 amide bonds. The number of aromatic hydroxyl groups is 2. The fourth-order valence-electron chi connectivity index (χ4n) is 2.83. The molecule has 0 aromatic heterocycles. The van der Waals surface area contributed by atoms with Crippen molar-refractivity contribution < 1.29 is 44.9 Å². The monoisotopic (exact) mass is 404 g/mol. The number of ether oxygens (including phenoxy) is 2. The Labute approximate surface area is 165 Å². The van der Waals surface area contributed by atoms with E-state index < -0.39 is 36.7 Å². The summed E-state index contributed by atoms with van der Waals surface area (Å²) in [6.07, 6.45) is -5.30. The summed E-state index contributed by atoms with van der Waals surface area (Å²) in [5, 5.41) is 57.9. The van der Waals surface area contributed by atoms with E-state index in [1.54, 1.807) is 24.3 Å². The summed E-state index contributed by atoms with van der Waals surface area (Å²) < 4.78 is 10.5. The number of aliphatic hydroxyl groups excluding tert-OH is 3. The molecule has 2 aromatic rings. The molecule has 9 heteroatoms. The Morgan fingerprint density at radius 1 is 0.862 bits per heavy atom. The number of rotatable bonds is 5. The van der Waals surface area contributed by atoms with Gasteiger partial charge >= 0.3 is 5.97 Å². The summed E-state index contributed by atoms with van der Waals surface area (Å²) >= 11 is 0. The molecule has 5 atom stereocenters. The minimum absolute atomic E-state index is 0.0483. The molecule has 9 nitrogen and oxygen atoms in total. The Balaban J connectivity index is 1.78. The van der Waals surface area contributed by atoms with E-state index in [9.17, 15) is 30.3 Å². The minimum Gasteiger partial charge on any atom is -0.508 e. The number of aliphatic hydroxyl groups is 3. The largest absolute Gasteiger partial charge is 0.508 e. The summed E-state index contributed by atoms with van der Waals surface area (Å²) in [6.45, 7) is 0. The Bertz CT molecular complexity index is 893. The molecule has 1 aliphatic rings. The van der Waals surface area contributed by atoms with Crippen LogP contribution < -0.4 is 4.74 Å². The smallest absolute Gasteiger partial charge is 0.335 e. The second kappa shape index (κ2) is 8.50. The van der Waals surface area contributed by atoms with Crippen molar-refractivity contribution in [3.05, 3.63) is 53.6 Å². The van der Waals surface area contributed by atoms with Crippen molar-refractivity contribution in [3.63, 3.8) is 0 Å². The number of carboxylic acids is 1. The van der Waals surface area contributed by atoms with Crippen molar-refractivity contribution in [2.45, 2.75) is 30.7 Å². The van der Waals surface area contributed by atoms with Crippen molar-refractivity contribution in [1.29, 1.82) is 0 Å². The predicted molar refractivity (Wildman–Crippen MR) is 100 cm³/mol. The van der Waals surface area contributed by atoms with Gasteiger partial charge in [-0.3, -0.25) is 0 Å². The van der Waals surface area contributed by atoms with E-state index in [0.29, 0.717) is 5.56 Å². The number of aliphatic carboxylic acids is 1. The molecular formula is C20H20O9. The third kappa shape index (κ3) is 4.84. The lowest BCUT2D eigenvalue weighted by Crippen LogP contribution is -2.61. The Morgan fingerprint density at radius 3 is 2.17 bits per heavy atom. The van der Waals surface area contributed by atoms with Crippen LogP contribution in [0.15, 0.2) is 42.5 Å². The fourth-order valence-corrected chi connectivity index (χ4v) is 2.83. The molecular weight excluding hydrogens is 384 g/mol. The van der Waals surface area contributed by atoms with E-state index in [-0.39, 0.29) is 17.2 Å². The maximum atomic E-state index is 11.2. The number of carbonyl (C=O) groups is 1. The van der Waals surface area contributed by atoms with Gasteiger partial charge in [-0.15, -0.1) is 0 Å². The number of benzene rings is 2. The molecule has 0 spiro atoms. The van der Waals surface area contributed by atoms with Crippen molar-refractivity contribution >= 4 is 18.1 Å². The molecule has 0 radical (unpaired) electrons. The number of phenolic OH excluding ortho intramolecular Hbond substituents is 2. The third-order valence-electron chi connectivity index (χ3n) is 4.34. The normalized spacial score (nSPS) is 27.1. The van der Waals surface area contributed by atoms with Crippen molar-refractivity contribution in [1.82, 2.24) is 0 Å². The fraction of sp³-hybridized carbons (Fsp3) is 0.250. The lowest BCUT2D eigenvalue weighted by atomic mass is 9.99. The second-order valence-electron chi connectivity index (χ2n) is 6.54. The van der Waals surface area contributed by atoms with Crippen LogP contribution in [-0.4, -0.2) is 67.3 Å². The van der Waals surface area contributed by atoms with Crippen LogP contribution in [0.3, 0.4) is 0 Å². The van der Waals surface area contributed by atoms with Gasteiger partial charge in [-0.2, -0.15) is 0 Å². The zero-order chi connectivity index (χ0) is 21.1. The standard InChI is InChI=1S/C20H20O9/c21-12-5-3-10(4-6-12)1-2-11-7-13(22)9-14(8-11)28-20-17(25)15(23)16(24)18(29-20)19(26)27/h1-9,15-18,20-25H,(H,26,27)/b2-1+/t15-,16+,17+,18-,20-/m1/s1. The molecule has 0 unspecified atom stereocenters. The molecule has 0 aliphatic carbocycles. The molecule has 2 aromatic carbocycles. The Morgan fingerprint density at radius 2 is 1.52 bits per heavy atom. The van der Waals surface area contributed by atoms with Crippen molar-refractivity contribution in [2.24, 2.45) is 0 Å². The number of phenols is 2. The molecule has 0 bridgehead atoms. The summed E-state index contributed by atoms with van der Waals surface area (Å²) in [5.74, 6) is -1.50. The van der Waals surface area contributed by atoms with E-state index >= 15 is 0 Å². The van der Waals surface area contributed by atoms with Gasteiger partial charge in [0.1, 0.15) is 35.6 Å². The topological polar surface area (TPSA) is 157 Å². The summed E-state index contributed by atoms with van der Waals surface area (Å²) in [4.78, 5) is 11.2. The van der Waals surface area contributed by atoms with Crippen molar-refractivity contribution in [2.75, 3.05) is 0 Å². The van der Waals surface area contributed by atoms with E-state index in [0.717, 1.165) is 5.56 Å². The first kappa shape index (κ1) is 20.6. The minimum atomic E-state index is -1.82. The van der Waals surface area contributed by atoms with Gasteiger partial charge in [0.25, 0.3) is 0 Å². The first-order valence-corrected chi connectivity index (χ1v) is 8.65. The van der Waals surface area contributed by atoms with Gasteiger partial charge in [0.05, 0.1) is 0 Å². The lowest BCUT2D eigenvalue weighted by Gasteiger charge is -2.38. The molecule has 0 saturated carbocycles. The second-order valence-corrected chi connectivity index (χ2v) is 6.54. The van der Waals surface area contributed by atoms with Gasteiger partial charge in [0.15, 0.2) is 6.10 Å². The highest BCUT2D eigenvalue weighted by Crippen LogP contribution is 2.28. The number of hydrogen-bond acceptors (Lipinski definition) is 8. The maximum Gasteiger partial charge on any atom is 0.335 e. The SMILES string of the molecule is O=C(O)[C@@H]1O[C@@H](Oc2cc(O)cc(/C=C/c3ccc(O)cc3)c2)[C@@H](O)[C@H](O)[C@@H]1O. The van der Waals surface area contributed by atoms with Crippen LogP contribution in [-0.2, 0) is 9.53 Å². The highest BCUT2D eigenvalue weighted by atomic mass is 16.7. The van der Waals surface area contributed by atoms with Gasteiger partial charge in [0.2, 0.25) is 6.29 Å². The first-order chi connectivity index (χ1) is 13.7. The summed E-state index contributed by atoms with van der Waals surface area (Å²) in [6, 6.07) is 10.6. The van der Waals surface area contributed by atoms with Gasteiger partial charge in [0, 0.05) is 6.07 Å². The highest BCUT2D eigenvalue weighted by molar-refractivity contribution is 5.73. The van der Waals surface area contributed by atoms with Gasteiger partial charge in [-0.05, 0) is 35.4 Å². The lowest BCUT2D eigenvalue weighted by molar-refractivity contribution is -0.271. The summed E-state index contributed by atoms with van der Waals surface area (Å²) in [5.41, 5.74) is 1.31. The van der Waals surface area contributed by atoms with Crippen LogP contribution in [0.2, 0.25) is 0 Å². The van der Waals surface area contributed by atoms with E-state index in [1.165, 1.54) is 30.3 Å². The molecule has 6 N–H and O–H groups in total. The number of hydrogen-bond donors (Lipinski definition) is 6. The Hall–Kier alpha value is -3.11. The van der Waals surface area contributed by atoms with E-state index in [4.69, 9.17) is 14.6 Å². The Kier molecular flexibility index (Phi) is 6.04. The van der Waals surface area contributed by atoms with E-state index in [2.05, 4.69) is 0 Å². The van der Waals surface area contributed by atoms with Crippen LogP contribution in [0.25, 0.3) is 12.2 Å². The van der Waals surface area contributed by atoms with Crippen LogP contribution in [0.1, 0.15) is 11.1 Å². The quantitative estimate of drug-likeness (QED) is 0.391. The average Bonchev–Trinajstić information content (AvgIpc) is 2.67. The molecule has 3 rings (SSSR count). The molecule has 1 aliphatic heterocycles. The maximum absolute atomic E-state index is 11.2. The first-order valence-electron chi connectivity index (χ1n) is 8.65. The average molecular weight is 404 g/mol. The number of carboxylic acid groups (broad SMARTS) is 1. The third-order valence-corrected chi connectivity index (χ3v) is 4.34. The predicted octanol–water partition coefficient (Wildman–Crippen LogP) is 0.539. The zero-order valence-electron chi connectivity index (χ0n) is 15.0. The van der Waals surface area contributed by atoms with E-state index in [1.807, 2.05) is 0 Å². The highest BCUT2D eigenvalue weighted by Gasteiger charge is 2.48. The van der Waals surface area contributed by atoms with Gasteiger partial charge in [-0.1, -0.05) is 24.3 Å². The molecule has 1 heterocycles. The molecule has 1 fully saturated rings. The zero-order valence-corrected chi connectivity index (χ0v) is 15.0. The van der Waals surface area contributed by atoms with Crippen LogP contribution >= 0.6 is 0 Å². The van der Waals surface area contributed by atoms with Crippen LogP contribution in [0.4, 0.5) is 0 Å². The molecule has 154 valence electrons. The van der Waals surface area contributed by atoms with Crippen LogP contribution in [0, 0.1) is 0 Å². The molecule has 1 saturated heterocycles. The summed E-state index contributed by atoms with van der Waals surface area (Å²) in [7, 11) is 0. The molecule has 29 heavy (non-hydrogen) atoms.